The normalized spacial score (nSPS) is 19.0. The van der Waals surface area contributed by atoms with Gasteiger partial charge in [0.25, 0.3) is 0 Å². The fourth-order valence-corrected chi connectivity index (χ4v) is 4.08. The molecule has 1 aromatic rings. The molecule has 26 heavy (non-hydrogen) atoms. The largest absolute Gasteiger partial charge is 0.391 e. The number of rotatable bonds is 11. The highest BCUT2D eigenvalue weighted by atomic mass is 16.3. The standard InChI is InChI=1S/C21H35N3O2/c1-3-16(4-2)13-20(25)19(12-17-8-6-5-7-9-17)24-14-18(23-15-24)10-11-21(22)26/h3,14-17,19-20,25H,1,4-13H2,2H3,(H2,22,26)/t16-,19+,20+/m1/s1. The second-order valence-corrected chi connectivity index (χ2v) is 7.79. The van der Waals surface area contributed by atoms with Crippen LogP contribution in [-0.2, 0) is 11.2 Å². The van der Waals surface area contributed by atoms with Crippen LogP contribution in [0.2, 0.25) is 0 Å². The monoisotopic (exact) mass is 361 g/mol. The van der Waals surface area contributed by atoms with Crippen LogP contribution in [0.5, 0.6) is 0 Å². The van der Waals surface area contributed by atoms with Gasteiger partial charge in [0.1, 0.15) is 0 Å². The average Bonchev–Trinajstić information content (AvgIpc) is 3.11. The maximum atomic E-state index is 11.0. The summed E-state index contributed by atoms with van der Waals surface area (Å²) in [5.74, 6) is 0.690. The fraction of sp³-hybridized carbons (Fsp3) is 0.714. The number of aliphatic hydroxyl groups excluding tert-OH is 1. The van der Waals surface area contributed by atoms with Crippen molar-refractivity contribution in [1.82, 2.24) is 9.55 Å². The number of amides is 1. The number of nitrogens with zero attached hydrogens (tertiary/aromatic N) is 2. The summed E-state index contributed by atoms with van der Waals surface area (Å²) in [5.41, 5.74) is 6.10. The third-order valence-corrected chi connectivity index (χ3v) is 5.81. The van der Waals surface area contributed by atoms with Gasteiger partial charge in [0.05, 0.1) is 24.2 Å². The SMILES string of the molecule is C=C[C@H](CC)C[C@H](O)[C@H](CC1CCCCC1)n1cnc(CCC(N)=O)c1. The van der Waals surface area contributed by atoms with Gasteiger partial charge in [0.2, 0.25) is 5.91 Å². The minimum Gasteiger partial charge on any atom is -0.391 e. The Balaban J connectivity index is 2.10. The third-order valence-electron chi connectivity index (χ3n) is 5.81. The molecule has 1 aliphatic carbocycles. The first-order chi connectivity index (χ1) is 12.5. The van der Waals surface area contributed by atoms with Crippen molar-refractivity contribution in [2.75, 3.05) is 0 Å². The van der Waals surface area contributed by atoms with Gasteiger partial charge in [-0.05, 0) is 37.5 Å². The summed E-state index contributed by atoms with van der Waals surface area (Å²) in [5, 5.41) is 11.0. The summed E-state index contributed by atoms with van der Waals surface area (Å²) >= 11 is 0. The molecule has 1 aromatic heterocycles. The Morgan fingerprint density at radius 1 is 1.46 bits per heavy atom. The van der Waals surface area contributed by atoms with E-state index in [0.717, 1.165) is 25.0 Å². The van der Waals surface area contributed by atoms with Crippen molar-refractivity contribution in [3.05, 3.63) is 30.9 Å². The van der Waals surface area contributed by atoms with Crippen molar-refractivity contribution in [3.8, 4) is 0 Å². The van der Waals surface area contributed by atoms with Crippen molar-refractivity contribution >= 4 is 5.91 Å². The first-order valence-electron chi connectivity index (χ1n) is 10.1. The van der Waals surface area contributed by atoms with Crippen LogP contribution in [0.15, 0.2) is 25.2 Å². The summed E-state index contributed by atoms with van der Waals surface area (Å²) < 4.78 is 2.06. The number of allylic oxidation sites excluding steroid dienone is 1. The molecule has 1 amide bonds. The molecule has 146 valence electrons. The molecule has 1 aliphatic rings. The predicted octanol–water partition coefficient (Wildman–Crippen LogP) is 3.78. The van der Waals surface area contributed by atoms with E-state index in [0.29, 0.717) is 24.7 Å². The van der Waals surface area contributed by atoms with Crippen LogP contribution in [-0.4, -0.2) is 26.7 Å². The van der Waals surface area contributed by atoms with Gasteiger partial charge in [0, 0.05) is 12.6 Å². The van der Waals surface area contributed by atoms with Crippen molar-refractivity contribution in [2.24, 2.45) is 17.6 Å². The molecule has 0 aliphatic heterocycles. The summed E-state index contributed by atoms with van der Waals surface area (Å²) in [6.45, 7) is 6.04. The van der Waals surface area contributed by atoms with Gasteiger partial charge < -0.3 is 15.4 Å². The van der Waals surface area contributed by atoms with Gasteiger partial charge in [-0.3, -0.25) is 4.79 Å². The maximum Gasteiger partial charge on any atom is 0.217 e. The van der Waals surface area contributed by atoms with E-state index < -0.39 is 6.10 Å². The molecule has 3 N–H and O–H groups in total. The van der Waals surface area contributed by atoms with Gasteiger partial charge in [-0.25, -0.2) is 4.98 Å². The summed E-state index contributed by atoms with van der Waals surface area (Å²) in [6, 6.07) is 0.0296. The average molecular weight is 362 g/mol. The highest BCUT2D eigenvalue weighted by Crippen LogP contribution is 2.34. The van der Waals surface area contributed by atoms with E-state index in [1.807, 2.05) is 18.6 Å². The smallest absolute Gasteiger partial charge is 0.217 e. The van der Waals surface area contributed by atoms with Crippen molar-refractivity contribution in [3.63, 3.8) is 0 Å². The highest BCUT2D eigenvalue weighted by Gasteiger charge is 2.27. The van der Waals surface area contributed by atoms with Crippen LogP contribution in [0.1, 0.15) is 76.4 Å². The van der Waals surface area contributed by atoms with Crippen LogP contribution < -0.4 is 5.73 Å². The molecule has 5 nitrogen and oxygen atoms in total. The third kappa shape index (κ3) is 6.27. The summed E-state index contributed by atoms with van der Waals surface area (Å²) in [6.07, 6.45) is 15.3. The van der Waals surface area contributed by atoms with Crippen LogP contribution >= 0.6 is 0 Å². The maximum absolute atomic E-state index is 11.0. The number of aliphatic hydroxyl groups is 1. The Kier molecular flexibility index (Phi) is 8.36. The predicted molar refractivity (Wildman–Crippen MR) is 105 cm³/mol. The van der Waals surface area contributed by atoms with E-state index in [2.05, 4.69) is 23.1 Å². The number of hydrogen-bond acceptors (Lipinski definition) is 3. The van der Waals surface area contributed by atoms with Crippen molar-refractivity contribution in [1.29, 1.82) is 0 Å². The Morgan fingerprint density at radius 2 is 2.19 bits per heavy atom. The molecule has 0 saturated heterocycles. The second-order valence-electron chi connectivity index (χ2n) is 7.79. The zero-order valence-corrected chi connectivity index (χ0v) is 16.1. The van der Waals surface area contributed by atoms with Crippen LogP contribution in [0.3, 0.4) is 0 Å². The molecule has 1 fully saturated rings. The molecule has 1 saturated carbocycles. The Labute approximate surface area is 157 Å². The lowest BCUT2D eigenvalue weighted by Gasteiger charge is -2.31. The summed E-state index contributed by atoms with van der Waals surface area (Å²) in [7, 11) is 0. The number of aromatic nitrogens is 2. The van der Waals surface area contributed by atoms with E-state index in [1.54, 1.807) is 0 Å². The van der Waals surface area contributed by atoms with Gasteiger partial charge in [0.15, 0.2) is 0 Å². The number of aryl methyl sites for hydroxylation is 1. The minimum atomic E-state index is -0.418. The zero-order chi connectivity index (χ0) is 18.9. The zero-order valence-electron chi connectivity index (χ0n) is 16.1. The van der Waals surface area contributed by atoms with E-state index in [-0.39, 0.29) is 11.9 Å². The molecular formula is C21H35N3O2. The number of primary amides is 1. The van der Waals surface area contributed by atoms with Crippen LogP contribution in [0, 0.1) is 11.8 Å². The topological polar surface area (TPSA) is 81.1 Å². The van der Waals surface area contributed by atoms with Gasteiger partial charge in [-0.1, -0.05) is 45.1 Å². The van der Waals surface area contributed by atoms with Crippen molar-refractivity contribution < 1.29 is 9.90 Å². The van der Waals surface area contributed by atoms with E-state index in [4.69, 9.17) is 5.73 Å². The van der Waals surface area contributed by atoms with Crippen LogP contribution in [0.4, 0.5) is 0 Å². The number of hydrogen-bond donors (Lipinski definition) is 2. The quantitative estimate of drug-likeness (QED) is 0.589. The second kappa shape index (κ2) is 10.5. The summed E-state index contributed by atoms with van der Waals surface area (Å²) in [4.78, 5) is 15.4. The molecule has 0 spiro atoms. The lowest BCUT2D eigenvalue weighted by molar-refractivity contribution is -0.118. The Morgan fingerprint density at radius 3 is 2.81 bits per heavy atom. The molecule has 2 rings (SSSR count). The number of carbonyl (C=O) groups excluding carboxylic acids is 1. The van der Waals surface area contributed by atoms with Gasteiger partial charge in [-0.2, -0.15) is 0 Å². The first kappa shape index (κ1) is 20.7. The fourth-order valence-electron chi connectivity index (χ4n) is 4.08. The molecule has 0 unspecified atom stereocenters. The first-order valence-corrected chi connectivity index (χ1v) is 10.1. The number of imidazole rings is 1. The van der Waals surface area contributed by atoms with E-state index in [9.17, 15) is 9.90 Å². The molecule has 3 atom stereocenters. The molecule has 1 heterocycles. The molecule has 0 bridgehead atoms. The Hall–Kier alpha value is -1.62. The van der Waals surface area contributed by atoms with Crippen LogP contribution in [0.25, 0.3) is 0 Å². The van der Waals surface area contributed by atoms with Gasteiger partial charge in [-0.15, -0.1) is 6.58 Å². The van der Waals surface area contributed by atoms with Crippen molar-refractivity contribution in [2.45, 2.75) is 83.3 Å². The number of carbonyl (C=O) groups is 1. The van der Waals surface area contributed by atoms with Gasteiger partial charge >= 0.3 is 0 Å². The molecular weight excluding hydrogens is 326 g/mol. The number of nitrogens with two attached hydrogens (primary N) is 1. The Bertz CT molecular complexity index is 563. The minimum absolute atomic E-state index is 0.0296. The lowest BCUT2D eigenvalue weighted by Crippen LogP contribution is -2.28. The lowest BCUT2D eigenvalue weighted by atomic mass is 9.82. The van der Waals surface area contributed by atoms with E-state index in [1.165, 1.54) is 32.1 Å². The van der Waals surface area contributed by atoms with E-state index >= 15 is 0 Å². The highest BCUT2D eigenvalue weighted by molar-refractivity contribution is 5.73. The molecule has 0 aromatic carbocycles. The molecule has 5 heteroatoms. The molecule has 0 radical (unpaired) electrons.